The average Bonchev–Trinajstić information content (AvgIpc) is 3.93. The Balaban J connectivity index is 1.24. The molecule has 0 atom stereocenters. The van der Waals surface area contributed by atoms with Crippen molar-refractivity contribution in [1.82, 2.24) is 14.5 Å². The van der Waals surface area contributed by atoms with Crippen LogP contribution in [0.4, 0.5) is 0 Å². The largest absolute Gasteiger partial charge is 0.456 e. The molecule has 0 radical (unpaired) electrons. The zero-order valence-corrected chi connectivity index (χ0v) is 29.2. The van der Waals surface area contributed by atoms with Gasteiger partial charge in [-0.25, -0.2) is 9.97 Å². The van der Waals surface area contributed by atoms with Crippen molar-refractivity contribution in [2.75, 3.05) is 0 Å². The van der Waals surface area contributed by atoms with Gasteiger partial charge in [0.1, 0.15) is 22.3 Å². The molecule has 0 amide bonds. The molecule has 55 heavy (non-hydrogen) atoms. The fourth-order valence-corrected chi connectivity index (χ4v) is 9.29. The van der Waals surface area contributed by atoms with Crippen molar-refractivity contribution in [2.24, 2.45) is 0 Å². The van der Waals surface area contributed by atoms with Crippen molar-refractivity contribution in [1.29, 1.82) is 0 Å². The molecule has 5 heteroatoms. The van der Waals surface area contributed by atoms with Crippen molar-refractivity contribution < 1.29 is 8.83 Å². The third kappa shape index (κ3) is 3.81. The fraction of sp³-hybridized carbons (Fsp3) is 0. The number of furan rings is 2. The lowest BCUT2D eigenvalue weighted by Crippen LogP contribution is -2.03. The number of aromatic nitrogens is 3. The van der Waals surface area contributed by atoms with E-state index < -0.39 is 0 Å². The molecule has 0 spiro atoms. The molecule has 0 N–H and O–H groups in total. The minimum atomic E-state index is 0.579. The predicted octanol–water partition coefficient (Wildman–Crippen LogP) is 13.7. The van der Waals surface area contributed by atoms with Gasteiger partial charge in [0.05, 0.1) is 16.7 Å². The summed E-state index contributed by atoms with van der Waals surface area (Å²) in [5.74, 6) is 0.579. The summed E-state index contributed by atoms with van der Waals surface area (Å²) in [5, 5.41) is 14.8. The van der Waals surface area contributed by atoms with Crippen LogP contribution in [-0.2, 0) is 0 Å². The summed E-state index contributed by atoms with van der Waals surface area (Å²) in [5.41, 5.74) is 7.99. The van der Waals surface area contributed by atoms with Gasteiger partial charge >= 0.3 is 0 Å². The van der Waals surface area contributed by atoms with Gasteiger partial charge in [-0.2, -0.15) is 0 Å². The van der Waals surface area contributed by atoms with Crippen LogP contribution in [0.2, 0.25) is 0 Å². The molecule has 4 heterocycles. The quantitative estimate of drug-likeness (QED) is 0.168. The summed E-state index contributed by atoms with van der Waals surface area (Å²) < 4.78 is 15.6. The first kappa shape index (κ1) is 29.0. The number of fused-ring (bicyclic) bond motifs is 19. The SMILES string of the molecule is c1ccc2c(-c3ccc4c(c3)oc3ccccc34)nc(-n3c4ccccc4c4c5c6ccccc6c6ccccc6c5c5c6ccccc6oc5c43)nc2c1. The van der Waals surface area contributed by atoms with E-state index in [1.165, 1.54) is 32.3 Å². The highest BCUT2D eigenvalue weighted by molar-refractivity contribution is 6.44. The Morgan fingerprint density at radius 3 is 1.71 bits per heavy atom. The van der Waals surface area contributed by atoms with Crippen LogP contribution in [-0.4, -0.2) is 14.5 Å². The second-order valence-corrected chi connectivity index (χ2v) is 14.4. The second kappa shape index (κ2) is 10.6. The number of rotatable bonds is 2. The molecule has 0 aliphatic heterocycles. The molecule has 0 saturated carbocycles. The monoisotopic (exact) mass is 701 g/mol. The van der Waals surface area contributed by atoms with E-state index in [-0.39, 0.29) is 0 Å². The molecular weight excluding hydrogens is 675 g/mol. The lowest BCUT2D eigenvalue weighted by atomic mass is 9.89. The first-order valence-corrected chi connectivity index (χ1v) is 18.6. The van der Waals surface area contributed by atoms with Crippen LogP contribution in [0.3, 0.4) is 0 Å². The standard InChI is InChI=1S/C50H27N3O2/c1-3-16-33-29(13-1)30-14-2-4-17-34(30)44-43(33)45-36-19-6-10-22-39(36)53(48(45)49-46(44)37-20-8-12-24-41(37)55-49)50-51-38-21-9-5-18-35(38)47(52-50)28-25-26-32-31-15-7-11-23-40(31)54-42(32)27-28/h1-27H. The van der Waals surface area contributed by atoms with Crippen LogP contribution in [0.5, 0.6) is 0 Å². The summed E-state index contributed by atoms with van der Waals surface area (Å²) >= 11 is 0. The van der Waals surface area contributed by atoms with Gasteiger partial charge in [0.2, 0.25) is 5.95 Å². The molecule has 0 aliphatic carbocycles. The maximum Gasteiger partial charge on any atom is 0.235 e. The van der Waals surface area contributed by atoms with Crippen molar-refractivity contribution in [2.45, 2.75) is 0 Å². The summed E-state index contributed by atoms with van der Waals surface area (Å²) in [6.45, 7) is 0. The molecule has 13 rings (SSSR count). The Kier molecular flexibility index (Phi) is 5.57. The summed E-state index contributed by atoms with van der Waals surface area (Å²) in [4.78, 5) is 10.8. The Hall–Kier alpha value is -7.50. The van der Waals surface area contributed by atoms with Gasteiger partial charge in [0, 0.05) is 54.0 Å². The van der Waals surface area contributed by atoms with Crippen LogP contribution in [0.15, 0.2) is 173 Å². The van der Waals surface area contributed by atoms with E-state index in [0.29, 0.717) is 5.95 Å². The topological polar surface area (TPSA) is 57.0 Å². The van der Waals surface area contributed by atoms with Crippen LogP contribution >= 0.6 is 0 Å². The van der Waals surface area contributed by atoms with Gasteiger partial charge in [-0.05, 0) is 57.9 Å². The molecule has 4 aromatic heterocycles. The van der Waals surface area contributed by atoms with E-state index >= 15 is 0 Å². The van der Waals surface area contributed by atoms with Crippen LogP contribution in [0, 0.1) is 0 Å². The Morgan fingerprint density at radius 2 is 0.945 bits per heavy atom. The van der Waals surface area contributed by atoms with Crippen molar-refractivity contribution in [3.05, 3.63) is 164 Å². The molecule has 0 fully saturated rings. The number of benzene rings is 9. The van der Waals surface area contributed by atoms with Crippen LogP contribution in [0.1, 0.15) is 0 Å². The van der Waals surface area contributed by atoms with Gasteiger partial charge < -0.3 is 8.83 Å². The van der Waals surface area contributed by atoms with E-state index in [0.717, 1.165) is 87.8 Å². The Labute approximate surface area is 312 Å². The Bertz CT molecular complexity index is 3790. The minimum Gasteiger partial charge on any atom is -0.456 e. The smallest absolute Gasteiger partial charge is 0.235 e. The number of hydrogen-bond donors (Lipinski definition) is 0. The third-order valence-electron chi connectivity index (χ3n) is 11.6. The summed E-state index contributed by atoms with van der Waals surface area (Å²) in [6.07, 6.45) is 0. The maximum absolute atomic E-state index is 7.02. The normalized spacial score (nSPS) is 12.4. The molecule has 0 bridgehead atoms. The molecule has 0 aliphatic rings. The van der Waals surface area contributed by atoms with E-state index in [1.807, 2.05) is 24.3 Å². The summed E-state index contributed by atoms with van der Waals surface area (Å²) in [6, 6.07) is 57.5. The van der Waals surface area contributed by atoms with Crippen LogP contribution < -0.4 is 0 Å². The van der Waals surface area contributed by atoms with E-state index in [2.05, 4.69) is 144 Å². The number of hydrogen-bond acceptors (Lipinski definition) is 4. The second-order valence-electron chi connectivity index (χ2n) is 14.4. The Morgan fingerprint density at radius 1 is 0.382 bits per heavy atom. The highest BCUT2D eigenvalue weighted by Gasteiger charge is 2.27. The average molecular weight is 702 g/mol. The van der Waals surface area contributed by atoms with E-state index in [4.69, 9.17) is 18.8 Å². The molecule has 13 aromatic rings. The highest BCUT2D eigenvalue weighted by atomic mass is 16.3. The lowest BCUT2D eigenvalue weighted by molar-refractivity contribution is 0.669. The van der Waals surface area contributed by atoms with E-state index in [1.54, 1.807) is 0 Å². The lowest BCUT2D eigenvalue weighted by Gasteiger charge is -2.14. The highest BCUT2D eigenvalue weighted by Crippen LogP contribution is 2.50. The fourth-order valence-electron chi connectivity index (χ4n) is 9.29. The predicted molar refractivity (Wildman–Crippen MR) is 226 cm³/mol. The van der Waals surface area contributed by atoms with Crippen LogP contribution in [0.25, 0.3) is 126 Å². The zero-order chi connectivity index (χ0) is 35.8. The van der Waals surface area contributed by atoms with Gasteiger partial charge in [0.15, 0.2) is 5.58 Å². The first-order chi connectivity index (χ1) is 27.3. The number of nitrogens with zero attached hydrogens (tertiary/aromatic N) is 3. The third-order valence-corrected chi connectivity index (χ3v) is 11.6. The molecule has 254 valence electrons. The zero-order valence-electron chi connectivity index (χ0n) is 29.2. The molecule has 0 unspecified atom stereocenters. The minimum absolute atomic E-state index is 0.579. The van der Waals surface area contributed by atoms with Gasteiger partial charge in [0.25, 0.3) is 0 Å². The van der Waals surface area contributed by atoms with Crippen molar-refractivity contribution in [3.8, 4) is 17.2 Å². The number of para-hydroxylation sites is 4. The molecular formula is C50H27N3O2. The van der Waals surface area contributed by atoms with Gasteiger partial charge in [-0.3, -0.25) is 4.57 Å². The molecule has 0 saturated heterocycles. The first-order valence-electron chi connectivity index (χ1n) is 18.6. The maximum atomic E-state index is 7.02. The van der Waals surface area contributed by atoms with E-state index in [9.17, 15) is 0 Å². The van der Waals surface area contributed by atoms with Gasteiger partial charge in [-0.15, -0.1) is 0 Å². The molecule has 5 nitrogen and oxygen atoms in total. The summed E-state index contributed by atoms with van der Waals surface area (Å²) in [7, 11) is 0. The van der Waals surface area contributed by atoms with Gasteiger partial charge in [-0.1, -0.05) is 127 Å². The molecule has 9 aromatic carbocycles. The van der Waals surface area contributed by atoms with Crippen molar-refractivity contribution >= 4 is 109 Å². The van der Waals surface area contributed by atoms with Crippen molar-refractivity contribution in [3.63, 3.8) is 0 Å².